The van der Waals surface area contributed by atoms with Crippen LogP contribution >= 0.6 is 24.0 Å². The van der Waals surface area contributed by atoms with Crippen LogP contribution in [0.4, 0.5) is 0 Å². The standard InChI is InChI=1S/C19H32N6O.HI/c1-5-15(6-2)18-11-17(26-25-18)13-22-19(20-7-3)21-10-8-9-16-12-23-24-14(16)4;/h11-12,15H,5-10,13H2,1-4H3,(H,23,24)(H2,20,21,22);1H. The fraction of sp³-hybridized carbons (Fsp3) is 0.632. The summed E-state index contributed by atoms with van der Waals surface area (Å²) in [5, 5.41) is 17.9. The Morgan fingerprint density at radius 2 is 2.04 bits per heavy atom. The second-order valence-corrected chi connectivity index (χ2v) is 6.48. The summed E-state index contributed by atoms with van der Waals surface area (Å²) in [6.07, 6.45) is 6.07. The van der Waals surface area contributed by atoms with Gasteiger partial charge in [0.2, 0.25) is 0 Å². The first-order valence-corrected chi connectivity index (χ1v) is 9.64. The monoisotopic (exact) mass is 488 g/mol. The lowest BCUT2D eigenvalue weighted by Crippen LogP contribution is -2.37. The van der Waals surface area contributed by atoms with Gasteiger partial charge in [0.1, 0.15) is 6.54 Å². The van der Waals surface area contributed by atoms with Crippen LogP contribution in [-0.2, 0) is 13.0 Å². The van der Waals surface area contributed by atoms with Crippen molar-refractivity contribution in [3.8, 4) is 0 Å². The van der Waals surface area contributed by atoms with E-state index in [2.05, 4.69) is 58.7 Å². The fourth-order valence-corrected chi connectivity index (χ4v) is 2.91. The highest BCUT2D eigenvalue weighted by Crippen LogP contribution is 2.22. The van der Waals surface area contributed by atoms with E-state index in [4.69, 9.17) is 4.52 Å². The Balaban J connectivity index is 0.00000364. The Bertz CT molecular complexity index is 677. The van der Waals surface area contributed by atoms with Gasteiger partial charge in [-0.05, 0) is 45.1 Å². The summed E-state index contributed by atoms with van der Waals surface area (Å²) < 4.78 is 5.44. The normalized spacial score (nSPS) is 11.5. The molecule has 0 aliphatic rings. The highest BCUT2D eigenvalue weighted by atomic mass is 127. The van der Waals surface area contributed by atoms with Crippen LogP contribution in [0.3, 0.4) is 0 Å². The van der Waals surface area contributed by atoms with Crippen molar-refractivity contribution in [2.75, 3.05) is 13.1 Å². The van der Waals surface area contributed by atoms with E-state index in [0.29, 0.717) is 12.5 Å². The van der Waals surface area contributed by atoms with E-state index in [-0.39, 0.29) is 24.0 Å². The lowest BCUT2D eigenvalue weighted by molar-refractivity contribution is 0.372. The van der Waals surface area contributed by atoms with Crippen LogP contribution in [0.2, 0.25) is 0 Å². The van der Waals surface area contributed by atoms with Gasteiger partial charge in [0.15, 0.2) is 11.7 Å². The molecule has 0 saturated heterocycles. The predicted octanol–water partition coefficient (Wildman–Crippen LogP) is 3.92. The highest BCUT2D eigenvalue weighted by Gasteiger charge is 2.12. The molecule has 0 spiro atoms. The van der Waals surface area contributed by atoms with Crippen LogP contribution in [0, 0.1) is 6.92 Å². The first-order chi connectivity index (χ1) is 12.7. The maximum Gasteiger partial charge on any atom is 0.191 e. The summed E-state index contributed by atoms with van der Waals surface area (Å²) >= 11 is 0. The number of aromatic amines is 1. The van der Waals surface area contributed by atoms with Crippen molar-refractivity contribution in [1.29, 1.82) is 0 Å². The molecule has 0 bridgehead atoms. The van der Waals surface area contributed by atoms with E-state index in [0.717, 1.165) is 61.9 Å². The number of aryl methyl sites for hydroxylation is 2. The molecule has 2 aromatic rings. The molecule has 0 radical (unpaired) electrons. The van der Waals surface area contributed by atoms with Gasteiger partial charge in [-0.2, -0.15) is 5.10 Å². The van der Waals surface area contributed by atoms with E-state index in [1.165, 1.54) is 5.56 Å². The molecule has 2 aromatic heterocycles. The lowest BCUT2D eigenvalue weighted by Gasteiger charge is -2.10. The molecule has 0 amide bonds. The molecule has 0 aliphatic carbocycles. The lowest BCUT2D eigenvalue weighted by atomic mass is 9.99. The zero-order chi connectivity index (χ0) is 18.8. The number of hydrogen-bond acceptors (Lipinski definition) is 4. The second kappa shape index (κ2) is 12.7. The quantitative estimate of drug-likeness (QED) is 0.204. The molecule has 0 aromatic carbocycles. The van der Waals surface area contributed by atoms with Gasteiger partial charge in [0.25, 0.3) is 0 Å². The molecule has 8 heteroatoms. The van der Waals surface area contributed by atoms with E-state index >= 15 is 0 Å². The summed E-state index contributed by atoms with van der Waals surface area (Å²) in [6.45, 7) is 10.6. The molecule has 0 aliphatic heterocycles. The average Bonchev–Trinajstić information content (AvgIpc) is 3.27. The Kier molecular flexibility index (Phi) is 11.1. The van der Waals surface area contributed by atoms with E-state index in [9.17, 15) is 0 Å². The molecule has 3 N–H and O–H groups in total. The Hall–Kier alpha value is -1.58. The highest BCUT2D eigenvalue weighted by molar-refractivity contribution is 14.0. The van der Waals surface area contributed by atoms with Crippen LogP contribution in [0.15, 0.2) is 21.8 Å². The van der Waals surface area contributed by atoms with Gasteiger partial charge in [0.05, 0.1) is 11.9 Å². The number of hydrogen-bond donors (Lipinski definition) is 3. The first kappa shape index (κ1) is 23.5. The average molecular weight is 488 g/mol. The van der Waals surface area contributed by atoms with Crippen molar-refractivity contribution >= 4 is 29.9 Å². The molecule has 152 valence electrons. The van der Waals surface area contributed by atoms with Gasteiger partial charge in [-0.15, -0.1) is 24.0 Å². The zero-order valence-corrected chi connectivity index (χ0v) is 19.2. The van der Waals surface area contributed by atoms with E-state index < -0.39 is 0 Å². The maximum atomic E-state index is 5.44. The third-order valence-corrected chi connectivity index (χ3v) is 4.57. The second-order valence-electron chi connectivity index (χ2n) is 6.48. The molecule has 0 saturated carbocycles. The molecule has 2 heterocycles. The van der Waals surface area contributed by atoms with Crippen molar-refractivity contribution in [3.05, 3.63) is 35.0 Å². The molecular weight excluding hydrogens is 455 g/mol. The number of H-pyrrole nitrogens is 1. The van der Waals surface area contributed by atoms with Crippen LogP contribution < -0.4 is 10.6 Å². The van der Waals surface area contributed by atoms with E-state index in [1.807, 2.05) is 12.3 Å². The third kappa shape index (κ3) is 7.51. The topological polar surface area (TPSA) is 91.1 Å². The number of aliphatic imine (C=N–C) groups is 1. The van der Waals surface area contributed by atoms with Gasteiger partial charge in [-0.25, -0.2) is 4.99 Å². The molecule has 2 rings (SSSR count). The summed E-state index contributed by atoms with van der Waals surface area (Å²) in [7, 11) is 0. The minimum Gasteiger partial charge on any atom is -0.359 e. The molecular formula is C19H33IN6O. The Morgan fingerprint density at radius 1 is 1.26 bits per heavy atom. The van der Waals surface area contributed by atoms with Crippen LogP contribution in [0.25, 0.3) is 0 Å². The summed E-state index contributed by atoms with van der Waals surface area (Å²) in [5.41, 5.74) is 3.45. The van der Waals surface area contributed by atoms with Gasteiger partial charge in [-0.1, -0.05) is 19.0 Å². The van der Waals surface area contributed by atoms with Crippen molar-refractivity contribution in [2.24, 2.45) is 4.99 Å². The minimum absolute atomic E-state index is 0. The molecule has 0 fully saturated rings. The zero-order valence-electron chi connectivity index (χ0n) is 16.8. The first-order valence-electron chi connectivity index (χ1n) is 9.64. The predicted molar refractivity (Wildman–Crippen MR) is 120 cm³/mol. The fourth-order valence-electron chi connectivity index (χ4n) is 2.91. The van der Waals surface area contributed by atoms with Crippen molar-refractivity contribution < 1.29 is 4.52 Å². The number of rotatable bonds is 10. The maximum absolute atomic E-state index is 5.44. The van der Waals surface area contributed by atoms with Crippen LogP contribution in [-0.4, -0.2) is 34.4 Å². The smallest absolute Gasteiger partial charge is 0.191 e. The summed E-state index contributed by atoms with van der Waals surface area (Å²) in [4.78, 5) is 4.60. The summed E-state index contributed by atoms with van der Waals surface area (Å²) in [5.74, 6) is 2.07. The number of halogens is 1. The van der Waals surface area contributed by atoms with Crippen LogP contribution in [0.1, 0.15) is 68.7 Å². The van der Waals surface area contributed by atoms with Gasteiger partial charge in [-0.3, -0.25) is 5.10 Å². The van der Waals surface area contributed by atoms with Crippen molar-refractivity contribution in [3.63, 3.8) is 0 Å². The van der Waals surface area contributed by atoms with E-state index in [1.54, 1.807) is 0 Å². The number of nitrogens with zero attached hydrogens (tertiary/aromatic N) is 3. The van der Waals surface area contributed by atoms with Gasteiger partial charge in [0, 0.05) is 30.8 Å². The summed E-state index contributed by atoms with van der Waals surface area (Å²) in [6, 6.07) is 2.03. The number of guanidine groups is 1. The third-order valence-electron chi connectivity index (χ3n) is 4.57. The van der Waals surface area contributed by atoms with Crippen molar-refractivity contribution in [1.82, 2.24) is 26.0 Å². The number of nitrogens with one attached hydrogen (secondary N) is 3. The molecule has 7 nitrogen and oxygen atoms in total. The molecule has 27 heavy (non-hydrogen) atoms. The van der Waals surface area contributed by atoms with Crippen LogP contribution in [0.5, 0.6) is 0 Å². The van der Waals surface area contributed by atoms with Gasteiger partial charge >= 0.3 is 0 Å². The Morgan fingerprint density at radius 3 is 2.67 bits per heavy atom. The number of aromatic nitrogens is 3. The largest absolute Gasteiger partial charge is 0.359 e. The SMILES string of the molecule is CCNC(=NCc1cc(C(CC)CC)no1)NCCCc1cn[nH]c1C.I. The molecule has 0 atom stereocenters. The van der Waals surface area contributed by atoms with Crippen molar-refractivity contribution in [2.45, 2.75) is 65.8 Å². The molecule has 0 unspecified atom stereocenters. The minimum atomic E-state index is 0. The Labute approximate surface area is 179 Å². The van der Waals surface area contributed by atoms with Gasteiger partial charge < -0.3 is 15.2 Å².